The van der Waals surface area contributed by atoms with Crippen molar-refractivity contribution in [3.63, 3.8) is 0 Å². The summed E-state index contributed by atoms with van der Waals surface area (Å²) >= 11 is 0. The van der Waals surface area contributed by atoms with Gasteiger partial charge in [0, 0.05) is 26.0 Å². The maximum Gasteiger partial charge on any atom is 0.406 e. The maximum atomic E-state index is 15.2. The van der Waals surface area contributed by atoms with E-state index in [0.29, 0.717) is 11.3 Å². The van der Waals surface area contributed by atoms with Gasteiger partial charge in [-0.3, -0.25) is 9.59 Å². The largest absolute Gasteiger partial charge is 0.406 e. The first kappa shape index (κ1) is 23.9. The molecule has 1 saturated heterocycles. The van der Waals surface area contributed by atoms with Gasteiger partial charge in [0.05, 0.1) is 34.3 Å². The normalized spacial score (nSPS) is 25.1. The standard InChI is InChI=1S/C24H24F3N5O2/c1-3-17-10-19(33)15(2)21(34)23(17,24(25,26)27)22(12-29-14-30-13-22)20-8-9-32(31-20)18-6-4-16(11-28)5-7-18/h4-10,15,29-30H,3,12-14H2,1-2H3. The lowest BCUT2D eigenvalue weighted by Gasteiger charge is -2.54. The van der Waals surface area contributed by atoms with E-state index in [2.05, 4.69) is 15.7 Å². The Labute approximate surface area is 194 Å². The van der Waals surface area contributed by atoms with Gasteiger partial charge in [0.25, 0.3) is 0 Å². The zero-order chi connectivity index (χ0) is 24.7. The topological polar surface area (TPSA) is 99.8 Å². The molecule has 34 heavy (non-hydrogen) atoms. The fourth-order valence-corrected chi connectivity index (χ4v) is 5.27. The van der Waals surface area contributed by atoms with Crippen molar-refractivity contribution in [1.29, 1.82) is 5.26 Å². The zero-order valence-electron chi connectivity index (χ0n) is 18.7. The summed E-state index contributed by atoms with van der Waals surface area (Å²) in [4.78, 5) is 26.0. The number of nitrogens with zero attached hydrogens (tertiary/aromatic N) is 3. The summed E-state index contributed by atoms with van der Waals surface area (Å²) in [7, 11) is 0. The highest BCUT2D eigenvalue weighted by Crippen LogP contribution is 2.60. The van der Waals surface area contributed by atoms with Crippen molar-refractivity contribution >= 4 is 11.6 Å². The monoisotopic (exact) mass is 471 g/mol. The van der Waals surface area contributed by atoms with Gasteiger partial charge in [0.15, 0.2) is 17.0 Å². The number of alkyl halides is 3. The van der Waals surface area contributed by atoms with Gasteiger partial charge in [0.2, 0.25) is 0 Å². The Morgan fingerprint density at radius 2 is 1.82 bits per heavy atom. The van der Waals surface area contributed by atoms with Crippen molar-refractivity contribution in [2.75, 3.05) is 19.8 Å². The highest BCUT2D eigenvalue weighted by Gasteiger charge is 2.75. The summed E-state index contributed by atoms with van der Waals surface area (Å²) in [5, 5.41) is 19.4. The Morgan fingerprint density at radius 3 is 2.38 bits per heavy atom. The van der Waals surface area contributed by atoms with Crippen molar-refractivity contribution in [1.82, 2.24) is 20.4 Å². The maximum absolute atomic E-state index is 15.2. The van der Waals surface area contributed by atoms with Crippen molar-refractivity contribution in [2.45, 2.75) is 31.9 Å². The van der Waals surface area contributed by atoms with Crippen LogP contribution in [-0.2, 0) is 15.0 Å². The molecule has 10 heteroatoms. The third kappa shape index (κ3) is 3.30. The van der Waals surface area contributed by atoms with Gasteiger partial charge in [0.1, 0.15) is 0 Å². The quantitative estimate of drug-likeness (QED) is 0.666. The lowest BCUT2D eigenvalue weighted by atomic mass is 9.50. The first-order valence-electron chi connectivity index (χ1n) is 11.0. The van der Waals surface area contributed by atoms with Crippen LogP contribution in [-0.4, -0.2) is 47.3 Å². The molecule has 4 rings (SSSR count). The van der Waals surface area contributed by atoms with Crippen LogP contribution in [0.3, 0.4) is 0 Å². The average Bonchev–Trinajstić information content (AvgIpc) is 3.33. The average molecular weight is 471 g/mol. The minimum atomic E-state index is -4.97. The van der Waals surface area contributed by atoms with Crippen LogP contribution < -0.4 is 10.6 Å². The molecule has 178 valence electrons. The van der Waals surface area contributed by atoms with E-state index >= 15 is 13.2 Å². The number of hydrogen-bond donors (Lipinski definition) is 2. The summed E-state index contributed by atoms with van der Waals surface area (Å²) in [5.74, 6) is -3.18. The molecule has 0 bridgehead atoms. The molecule has 0 amide bonds. The lowest BCUT2D eigenvalue weighted by Crippen LogP contribution is -2.71. The van der Waals surface area contributed by atoms with E-state index in [4.69, 9.17) is 5.26 Å². The molecule has 2 heterocycles. The number of carbonyl (C=O) groups is 2. The second-order valence-electron chi connectivity index (χ2n) is 8.68. The Hall–Kier alpha value is -3.29. The minimum absolute atomic E-state index is 0.0862. The van der Waals surface area contributed by atoms with E-state index in [-0.39, 0.29) is 37.4 Å². The molecule has 7 nitrogen and oxygen atoms in total. The van der Waals surface area contributed by atoms with E-state index in [1.54, 1.807) is 24.3 Å². The molecular weight excluding hydrogens is 447 g/mol. The summed E-state index contributed by atoms with van der Waals surface area (Å²) in [6, 6.07) is 9.96. The van der Waals surface area contributed by atoms with Gasteiger partial charge >= 0.3 is 6.18 Å². The van der Waals surface area contributed by atoms with Gasteiger partial charge in [-0.2, -0.15) is 23.5 Å². The Bertz CT molecular complexity index is 1190. The number of nitrogens with one attached hydrogen (secondary N) is 2. The van der Waals surface area contributed by atoms with Gasteiger partial charge in [-0.15, -0.1) is 0 Å². The molecule has 0 spiro atoms. The highest BCUT2D eigenvalue weighted by molar-refractivity contribution is 6.14. The molecule has 2 aliphatic rings. The highest BCUT2D eigenvalue weighted by atomic mass is 19.4. The number of ketones is 2. The second kappa shape index (κ2) is 8.49. The molecular formula is C24H24F3N5O2. The Kier molecular flexibility index (Phi) is 5.96. The van der Waals surface area contributed by atoms with Crippen LogP contribution in [0.1, 0.15) is 31.5 Å². The fourth-order valence-electron chi connectivity index (χ4n) is 5.27. The van der Waals surface area contributed by atoms with E-state index in [9.17, 15) is 9.59 Å². The minimum Gasteiger partial charge on any atom is -0.303 e. The third-order valence-electron chi connectivity index (χ3n) is 6.96. The molecule has 1 fully saturated rings. The molecule has 2 aromatic rings. The second-order valence-corrected chi connectivity index (χ2v) is 8.68. The van der Waals surface area contributed by atoms with Crippen LogP contribution in [0.2, 0.25) is 0 Å². The van der Waals surface area contributed by atoms with E-state index < -0.39 is 34.5 Å². The summed E-state index contributed by atoms with van der Waals surface area (Å²) in [5.41, 5.74) is -3.91. The van der Waals surface area contributed by atoms with Gasteiger partial charge in [-0.1, -0.05) is 6.92 Å². The van der Waals surface area contributed by atoms with Gasteiger partial charge in [-0.25, -0.2) is 4.68 Å². The molecule has 1 aromatic carbocycles. The van der Waals surface area contributed by atoms with Crippen LogP contribution in [0.4, 0.5) is 13.2 Å². The van der Waals surface area contributed by atoms with Crippen LogP contribution in [0.5, 0.6) is 0 Å². The van der Waals surface area contributed by atoms with Crippen molar-refractivity contribution < 1.29 is 22.8 Å². The first-order valence-corrected chi connectivity index (χ1v) is 11.0. The van der Waals surface area contributed by atoms with Gasteiger partial charge in [-0.05, 0) is 55.3 Å². The van der Waals surface area contributed by atoms with Gasteiger partial charge < -0.3 is 10.6 Å². The molecule has 1 aliphatic carbocycles. The van der Waals surface area contributed by atoms with Crippen LogP contribution in [0.25, 0.3) is 5.69 Å². The number of nitriles is 1. The molecule has 1 aliphatic heterocycles. The molecule has 0 radical (unpaired) electrons. The number of halogens is 3. The summed E-state index contributed by atoms with van der Waals surface area (Å²) < 4.78 is 47.1. The Morgan fingerprint density at radius 1 is 1.18 bits per heavy atom. The predicted octanol–water partition coefficient (Wildman–Crippen LogP) is 2.81. The predicted molar refractivity (Wildman–Crippen MR) is 117 cm³/mol. The zero-order valence-corrected chi connectivity index (χ0v) is 18.7. The number of rotatable bonds is 4. The van der Waals surface area contributed by atoms with Crippen LogP contribution in [0.15, 0.2) is 48.2 Å². The number of aromatic nitrogens is 2. The summed E-state index contributed by atoms with van der Waals surface area (Å²) in [6.07, 6.45) is -2.54. The van der Waals surface area contributed by atoms with E-state index in [0.717, 1.165) is 6.08 Å². The van der Waals surface area contributed by atoms with Crippen LogP contribution in [0, 0.1) is 22.7 Å². The molecule has 1 aromatic heterocycles. The molecule has 0 saturated carbocycles. The fraction of sp³-hybridized carbons (Fsp3) is 0.417. The number of hydrogen-bond acceptors (Lipinski definition) is 6. The van der Waals surface area contributed by atoms with Crippen molar-refractivity contribution in [3.8, 4) is 11.8 Å². The van der Waals surface area contributed by atoms with Crippen LogP contribution >= 0.6 is 0 Å². The first-order chi connectivity index (χ1) is 16.1. The van der Waals surface area contributed by atoms with Crippen molar-refractivity contribution in [3.05, 3.63) is 59.4 Å². The third-order valence-corrected chi connectivity index (χ3v) is 6.96. The lowest BCUT2D eigenvalue weighted by molar-refractivity contribution is -0.233. The molecule has 2 atom stereocenters. The number of benzene rings is 1. The Balaban J connectivity index is 1.97. The van der Waals surface area contributed by atoms with E-state index in [1.165, 1.54) is 30.8 Å². The number of allylic oxidation sites excluding steroid dienone is 2. The van der Waals surface area contributed by atoms with E-state index in [1.807, 2.05) is 6.07 Å². The smallest absolute Gasteiger partial charge is 0.303 e. The molecule has 2 N–H and O–H groups in total. The van der Waals surface area contributed by atoms with Crippen molar-refractivity contribution in [2.24, 2.45) is 11.3 Å². The molecule has 2 unspecified atom stereocenters. The summed E-state index contributed by atoms with van der Waals surface area (Å²) in [6.45, 7) is 2.72. The number of Topliss-reactive ketones (excluding diaryl/α,β-unsaturated/α-hetero) is 1. The SMILES string of the molecule is CCC1=CC(=O)C(C)C(=O)C1(C(F)(F)F)C1(c2ccn(-c3ccc(C#N)cc3)n2)CNCNC1. The number of carbonyl (C=O) groups excluding carboxylic acids is 2.